The van der Waals surface area contributed by atoms with Crippen molar-refractivity contribution in [1.82, 2.24) is 21.3 Å². The summed E-state index contributed by atoms with van der Waals surface area (Å²) in [6.07, 6.45) is -3.04. The van der Waals surface area contributed by atoms with Crippen LogP contribution >= 0.6 is 0 Å². The molecule has 322 valence electrons. The quantitative estimate of drug-likeness (QED) is 0.0542. The van der Waals surface area contributed by atoms with Gasteiger partial charge in [-0.25, -0.2) is 0 Å². The van der Waals surface area contributed by atoms with Crippen molar-refractivity contribution < 1.29 is 48.6 Å². The van der Waals surface area contributed by atoms with Gasteiger partial charge in [-0.05, 0) is 51.5 Å². The second kappa shape index (κ2) is 25.3. The van der Waals surface area contributed by atoms with Gasteiger partial charge in [0.25, 0.3) is 0 Å². The molecule has 4 amide bonds. The van der Waals surface area contributed by atoms with Gasteiger partial charge in [-0.1, -0.05) is 43.7 Å². The summed E-state index contributed by atoms with van der Waals surface area (Å²) in [6.45, 7) is 3.59. The lowest BCUT2D eigenvalue weighted by molar-refractivity contribution is -0.136. The van der Waals surface area contributed by atoms with E-state index in [1.165, 1.54) is 13.8 Å². The average Bonchev–Trinajstić information content (AvgIpc) is 3.17. The molecule has 0 bridgehead atoms. The van der Waals surface area contributed by atoms with E-state index in [-0.39, 0.29) is 57.5 Å². The number of amides is 4. The van der Waals surface area contributed by atoms with Crippen LogP contribution in [0.5, 0.6) is 0 Å². The molecule has 0 saturated carbocycles. The van der Waals surface area contributed by atoms with Crippen molar-refractivity contribution in [2.24, 2.45) is 39.9 Å². The summed E-state index contributed by atoms with van der Waals surface area (Å²) in [5, 5.41) is 31.5. The first-order valence-electron chi connectivity index (χ1n) is 19.9. The number of nitrogens with one attached hydrogen (secondary N) is 4. The highest BCUT2D eigenvalue weighted by atomic mass is 16.3. The van der Waals surface area contributed by atoms with Crippen LogP contribution in [-0.4, -0.2) is 113 Å². The average molecular weight is 815 g/mol. The Labute approximate surface area is 339 Å². The van der Waals surface area contributed by atoms with Crippen molar-refractivity contribution in [3.63, 3.8) is 0 Å². The predicted molar refractivity (Wildman–Crippen MR) is 214 cm³/mol. The summed E-state index contributed by atoms with van der Waals surface area (Å²) >= 11 is 0. The van der Waals surface area contributed by atoms with Crippen LogP contribution in [0.3, 0.4) is 0 Å². The molecule has 0 aliphatic carbocycles. The number of hydrogen-bond acceptors (Lipinski definition) is 12. The van der Waals surface area contributed by atoms with E-state index in [0.29, 0.717) is 12.0 Å². The normalized spacial score (nSPS) is 23.3. The van der Waals surface area contributed by atoms with Crippen molar-refractivity contribution in [1.29, 1.82) is 0 Å². The number of ketones is 4. The van der Waals surface area contributed by atoms with Crippen LogP contribution in [0, 0.1) is 17.8 Å². The summed E-state index contributed by atoms with van der Waals surface area (Å²) in [7, 11) is 0. The van der Waals surface area contributed by atoms with E-state index in [4.69, 9.17) is 17.2 Å². The Morgan fingerprint density at radius 2 is 1.60 bits per heavy atom. The van der Waals surface area contributed by atoms with E-state index in [9.17, 15) is 48.6 Å². The van der Waals surface area contributed by atoms with Crippen LogP contribution in [-0.2, 0) is 44.8 Å². The molecule has 58 heavy (non-hydrogen) atoms. The Morgan fingerprint density at radius 1 is 0.931 bits per heavy atom. The smallest absolute Gasteiger partial charge is 0.243 e. The van der Waals surface area contributed by atoms with Gasteiger partial charge in [0, 0.05) is 44.6 Å². The van der Waals surface area contributed by atoms with E-state index in [1.54, 1.807) is 37.3 Å². The molecular weight excluding hydrogens is 752 g/mol. The predicted octanol–water partition coefficient (Wildman–Crippen LogP) is -1.15. The summed E-state index contributed by atoms with van der Waals surface area (Å²) in [4.78, 5) is 112. The number of nitrogens with two attached hydrogens (primary N) is 3. The maximum Gasteiger partial charge on any atom is 0.243 e. The maximum absolute atomic E-state index is 14.0. The van der Waals surface area contributed by atoms with Gasteiger partial charge < -0.3 is 48.7 Å². The second-order valence-corrected chi connectivity index (χ2v) is 14.9. The van der Waals surface area contributed by atoms with Crippen LogP contribution < -0.4 is 38.5 Å². The Balaban J connectivity index is 2.61. The first-order chi connectivity index (χ1) is 27.5. The fourth-order valence-electron chi connectivity index (χ4n) is 6.75. The highest BCUT2D eigenvalue weighted by Gasteiger charge is 2.35. The maximum atomic E-state index is 14.0. The third-order valence-corrected chi connectivity index (χ3v) is 10.1. The molecule has 0 aromatic heterocycles. The molecule has 12 N–H and O–H groups in total. The van der Waals surface area contributed by atoms with Crippen molar-refractivity contribution in [2.45, 2.75) is 122 Å². The standard InChI is InChI=1S/C40H62N8O10/c1-4-10-36(55)46-30-14-8-13-26(33(52)20-29(24(3)50)35(54)21-41)18-34(53)28(23(2)49)19-27(51)22-45-37(56)32(17-25-11-6-5-7-12-25)48-39(58)31(47-38(30)57)15-9-16-44-40(42)43/h5-7,11-12,23-24,26,28-32,49-50H,4,8-10,13-22,41H2,1-3H3,(H,45,56)(H,46,55)(H,47,57)(H,48,58)(H4,42,43,44). The summed E-state index contributed by atoms with van der Waals surface area (Å²) in [5.41, 5.74) is 17.1. The molecule has 18 nitrogen and oxygen atoms in total. The molecule has 8 unspecified atom stereocenters. The third-order valence-electron chi connectivity index (χ3n) is 10.1. The topological polar surface area (TPSA) is 316 Å². The number of aliphatic imine (C=N–C) groups is 1. The Bertz CT molecular complexity index is 1600. The molecule has 8 atom stereocenters. The van der Waals surface area contributed by atoms with Gasteiger partial charge in [0.15, 0.2) is 17.5 Å². The Kier molecular flexibility index (Phi) is 21.4. The number of aliphatic hydroxyl groups is 2. The minimum atomic E-state index is -1.32. The number of Topliss-reactive ketones (excluding diaryl/α,β-unsaturated/α-hetero) is 4. The summed E-state index contributed by atoms with van der Waals surface area (Å²) < 4.78 is 0. The molecular formula is C40H62N8O10. The monoisotopic (exact) mass is 814 g/mol. The third kappa shape index (κ3) is 17.2. The van der Waals surface area contributed by atoms with E-state index in [2.05, 4.69) is 26.3 Å². The fraction of sp³-hybridized carbons (Fsp3) is 0.625. The molecule has 1 heterocycles. The number of guanidine groups is 1. The summed E-state index contributed by atoms with van der Waals surface area (Å²) in [5.74, 6) is -8.60. The zero-order chi connectivity index (χ0) is 43.4. The van der Waals surface area contributed by atoms with Crippen LogP contribution in [0.25, 0.3) is 0 Å². The molecule has 1 aliphatic heterocycles. The minimum absolute atomic E-state index is 0.00790. The van der Waals surface area contributed by atoms with Gasteiger partial charge in [-0.2, -0.15) is 0 Å². The largest absolute Gasteiger partial charge is 0.393 e. The number of nitrogens with zero attached hydrogens (tertiary/aromatic N) is 1. The van der Waals surface area contributed by atoms with Crippen LogP contribution in [0.4, 0.5) is 0 Å². The van der Waals surface area contributed by atoms with Crippen LogP contribution in [0.15, 0.2) is 35.3 Å². The van der Waals surface area contributed by atoms with E-state index in [0.717, 1.165) is 0 Å². The zero-order valence-electron chi connectivity index (χ0n) is 33.7. The van der Waals surface area contributed by atoms with Gasteiger partial charge in [0.2, 0.25) is 23.6 Å². The highest BCUT2D eigenvalue weighted by molar-refractivity contribution is 5.97. The van der Waals surface area contributed by atoms with Crippen molar-refractivity contribution in [2.75, 3.05) is 19.6 Å². The molecule has 0 spiro atoms. The molecule has 1 aliphatic rings. The molecule has 1 saturated heterocycles. The van der Waals surface area contributed by atoms with Crippen molar-refractivity contribution in [3.05, 3.63) is 35.9 Å². The molecule has 2 rings (SSSR count). The number of hydrogen-bond donors (Lipinski definition) is 9. The van der Waals surface area contributed by atoms with E-state index >= 15 is 0 Å². The number of rotatable bonds is 16. The minimum Gasteiger partial charge on any atom is -0.393 e. The van der Waals surface area contributed by atoms with Crippen LogP contribution in [0.2, 0.25) is 0 Å². The van der Waals surface area contributed by atoms with E-state index < -0.39 is 127 Å². The number of carbonyl (C=O) groups is 8. The molecule has 1 aromatic rings. The SMILES string of the molecule is CCCC(=O)NC1CCCC(C(=O)CC(C(=O)CN)C(C)O)CC(=O)C(C(C)O)CC(=O)CNC(=O)C(Cc2ccccc2)NC(=O)C(CCCN=C(N)N)NC1=O. The lowest BCUT2D eigenvalue weighted by Crippen LogP contribution is -2.57. The van der Waals surface area contributed by atoms with Gasteiger partial charge >= 0.3 is 0 Å². The number of aliphatic hydroxyl groups excluding tert-OH is 2. The zero-order valence-corrected chi connectivity index (χ0v) is 33.7. The van der Waals surface area contributed by atoms with Crippen molar-refractivity contribution in [3.8, 4) is 0 Å². The second-order valence-electron chi connectivity index (χ2n) is 14.9. The number of benzene rings is 1. The molecule has 18 heteroatoms. The fourth-order valence-corrected chi connectivity index (χ4v) is 6.75. The first-order valence-corrected chi connectivity index (χ1v) is 19.9. The first kappa shape index (κ1) is 49.1. The van der Waals surface area contributed by atoms with Gasteiger partial charge in [0.1, 0.15) is 29.7 Å². The van der Waals surface area contributed by atoms with Crippen molar-refractivity contribution >= 4 is 52.7 Å². The van der Waals surface area contributed by atoms with Gasteiger partial charge in [-0.15, -0.1) is 0 Å². The molecule has 0 radical (unpaired) electrons. The lowest BCUT2D eigenvalue weighted by Gasteiger charge is -2.26. The molecule has 1 fully saturated rings. The Hall–Kier alpha value is -5.07. The van der Waals surface area contributed by atoms with E-state index in [1.807, 2.05) is 0 Å². The number of carbonyl (C=O) groups excluding carboxylic acids is 8. The Morgan fingerprint density at radius 3 is 2.21 bits per heavy atom. The summed E-state index contributed by atoms with van der Waals surface area (Å²) in [6, 6.07) is 5.10. The highest BCUT2D eigenvalue weighted by Crippen LogP contribution is 2.25. The van der Waals surface area contributed by atoms with Gasteiger partial charge in [-0.3, -0.25) is 43.3 Å². The van der Waals surface area contributed by atoms with Gasteiger partial charge in [0.05, 0.1) is 37.1 Å². The lowest BCUT2D eigenvalue weighted by atomic mass is 9.80. The molecule has 1 aromatic carbocycles. The van der Waals surface area contributed by atoms with Crippen LogP contribution in [0.1, 0.15) is 90.5 Å².